The summed E-state index contributed by atoms with van der Waals surface area (Å²) in [5.74, 6) is 0. The van der Waals surface area contributed by atoms with Crippen molar-refractivity contribution in [3.63, 3.8) is 0 Å². The Balaban J connectivity index is 3.07. The van der Waals surface area contributed by atoms with Crippen molar-refractivity contribution >= 4 is 10.4 Å². The lowest BCUT2D eigenvalue weighted by molar-refractivity contribution is 0.194. The molecule has 0 atom stereocenters. The summed E-state index contributed by atoms with van der Waals surface area (Å²) in [4.78, 5) is 0. The summed E-state index contributed by atoms with van der Waals surface area (Å²) in [6, 6.07) is 0. The summed E-state index contributed by atoms with van der Waals surface area (Å²) in [6.45, 7) is 2.17. The van der Waals surface area contributed by atoms with Gasteiger partial charge >= 0.3 is 10.4 Å². The number of methoxy groups -OCH3 is 1. The highest BCUT2D eigenvalue weighted by Crippen LogP contribution is 1.88. The second-order valence-electron chi connectivity index (χ2n) is 2.70. The van der Waals surface area contributed by atoms with E-state index in [1.165, 1.54) is 0 Å². The van der Waals surface area contributed by atoms with E-state index in [0.717, 1.165) is 13.0 Å². The van der Waals surface area contributed by atoms with Gasteiger partial charge in [-0.25, -0.2) is 4.18 Å². The molecule has 0 aromatic rings. The molecular formula is C7H17NO5S. The van der Waals surface area contributed by atoms with E-state index in [4.69, 9.17) is 9.29 Å². The molecule has 0 unspecified atom stereocenters. The van der Waals surface area contributed by atoms with E-state index in [9.17, 15) is 8.42 Å². The highest BCUT2D eigenvalue weighted by molar-refractivity contribution is 7.80. The predicted molar refractivity (Wildman–Crippen MR) is 51.5 cm³/mol. The Bertz CT molecular complexity index is 216. The Morgan fingerprint density at radius 1 is 1.21 bits per heavy atom. The maximum Gasteiger partial charge on any atom is 0.397 e. The van der Waals surface area contributed by atoms with E-state index in [1.807, 2.05) is 0 Å². The molecule has 0 aromatic carbocycles. The van der Waals surface area contributed by atoms with E-state index < -0.39 is 10.4 Å². The van der Waals surface area contributed by atoms with Crippen molar-refractivity contribution < 1.29 is 21.9 Å². The average Bonchev–Trinajstić information content (AvgIpc) is 2.08. The molecule has 0 heterocycles. The number of hydrogen-bond acceptors (Lipinski definition) is 5. The first-order chi connectivity index (χ1) is 6.56. The van der Waals surface area contributed by atoms with Crippen molar-refractivity contribution in [2.45, 2.75) is 12.8 Å². The van der Waals surface area contributed by atoms with Gasteiger partial charge in [-0.2, -0.15) is 8.42 Å². The zero-order valence-electron chi connectivity index (χ0n) is 8.23. The van der Waals surface area contributed by atoms with Crippen LogP contribution in [0.5, 0.6) is 0 Å². The second-order valence-corrected chi connectivity index (χ2v) is 3.79. The van der Waals surface area contributed by atoms with Gasteiger partial charge in [-0.1, -0.05) is 0 Å². The summed E-state index contributed by atoms with van der Waals surface area (Å²) < 4.78 is 37.4. The highest BCUT2D eigenvalue weighted by Gasteiger charge is 2.02. The molecular weight excluding hydrogens is 210 g/mol. The average molecular weight is 227 g/mol. The van der Waals surface area contributed by atoms with E-state index in [1.54, 1.807) is 7.11 Å². The van der Waals surface area contributed by atoms with Crippen molar-refractivity contribution in [2.75, 3.05) is 33.4 Å². The van der Waals surface area contributed by atoms with Crippen LogP contribution in [0.25, 0.3) is 0 Å². The normalized spacial score (nSPS) is 11.9. The van der Waals surface area contributed by atoms with Crippen molar-refractivity contribution in [3.05, 3.63) is 0 Å². The van der Waals surface area contributed by atoms with Gasteiger partial charge in [0.05, 0.1) is 6.61 Å². The highest BCUT2D eigenvalue weighted by atomic mass is 32.3. The second kappa shape index (κ2) is 8.13. The maximum atomic E-state index is 10.1. The molecule has 0 aliphatic carbocycles. The largest absolute Gasteiger partial charge is 0.397 e. The predicted octanol–water partition coefficient (Wildman–Crippen LogP) is -0.178. The molecule has 0 spiro atoms. The number of ether oxygens (including phenoxy) is 1. The molecule has 0 saturated heterocycles. The first-order valence-corrected chi connectivity index (χ1v) is 5.74. The quantitative estimate of drug-likeness (QED) is 0.420. The molecule has 0 radical (unpaired) electrons. The van der Waals surface area contributed by atoms with Crippen LogP contribution in [-0.4, -0.2) is 46.4 Å². The van der Waals surface area contributed by atoms with Gasteiger partial charge < -0.3 is 10.1 Å². The van der Waals surface area contributed by atoms with Gasteiger partial charge in [-0.05, 0) is 25.9 Å². The third kappa shape index (κ3) is 11.8. The summed E-state index contributed by atoms with van der Waals surface area (Å²) >= 11 is 0. The summed E-state index contributed by atoms with van der Waals surface area (Å²) in [6.07, 6.45) is 1.45. The number of hydrogen-bond donors (Lipinski definition) is 2. The Morgan fingerprint density at radius 3 is 2.29 bits per heavy atom. The summed E-state index contributed by atoms with van der Waals surface area (Å²) in [5.41, 5.74) is 0. The van der Waals surface area contributed by atoms with Gasteiger partial charge in [0.15, 0.2) is 0 Å². The van der Waals surface area contributed by atoms with Crippen LogP contribution >= 0.6 is 0 Å². The van der Waals surface area contributed by atoms with Gasteiger partial charge in [0.1, 0.15) is 0 Å². The van der Waals surface area contributed by atoms with Gasteiger partial charge in [-0.15, -0.1) is 0 Å². The van der Waals surface area contributed by atoms with Gasteiger partial charge in [0.2, 0.25) is 0 Å². The Labute approximate surface area is 84.5 Å². The lowest BCUT2D eigenvalue weighted by Gasteiger charge is -2.03. The molecule has 0 aromatic heterocycles. The van der Waals surface area contributed by atoms with Crippen LogP contribution in [-0.2, 0) is 19.3 Å². The van der Waals surface area contributed by atoms with Crippen LogP contribution in [0, 0.1) is 0 Å². The van der Waals surface area contributed by atoms with Gasteiger partial charge in [-0.3, -0.25) is 4.55 Å². The molecule has 86 valence electrons. The van der Waals surface area contributed by atoms with Crippen molar-refractivity contribution in [2.24, 2.45) is 0 Å². The minimum Gasteiger partial charge on any atom is -0.385 e. The molecule has 0 fully saturated rings. The first kappa shape index (κ1) is 13.8. The fraction of sp³-hybridized carbons (Fsp3) is 1.00. The van der Waals surface area contributed by atoms with Crippen LogP contribution in [0.4, 0.5) is 0 Å². The zero-order valence-corrected chi connectivity index (χ0v) is 9.05. The minimum atomic E-state index is -4.27. The molecule has 0 amide bonds. The molecule has 0 aliphatic heterocycles. The summed E-state index contributed by atoms with van der Waals surface area (Å²) in [7, 11) is -2.63. The molecule has 2 N–H and O–H groups in total. The molecule has 0 aliphatic rings. The van der Waals surface area contributed by atoms with Crippen LogP contribution in [0.15, 0.2) is 0 Å². The van der Waals surface area contributed by atoms with E-state index >= 15 is 0 Å². The van der Waals surface area contributed by atoms with Crippen molar-refractivity contribution in [1.82, 2.24) is 5.32 Å². The summed E-state index contributed by atoms with van der Waals surface area (Å²) in [5, 5.41) is 3.07. The van der Waals surface area contributed by atoms with Gasteiger partial charge in [0, 0.05) is 13.7 Å². The van der Waals surface area contributed by atoms with Crippen LogP contribution < -0.4 is 5.32 Å². The number of rotatable bonds is 9. The van der Waals surface area contributed by atoms with E-state index in [0.29, 0.717) is 19.6 Å². The zero-order chi connectivity index (χ0) is 10.9. The lowest BCUT2D eigenvalue weighted by Crippen LogP contribution is -2.19. The molecule has 0 saturated carbocycles. The first-order valence-electron chi connectivity index (χ1n) is 4.38. The van der Waals surface area contributed by atoms with Crippen LogP contribution in [0.2, 0.25) is 0 Å². The topological polar surface area (TPSA) is 84.9 Å². The maximum absolute atomic E-state index is 10.1. The fourth-order valence-corrected chi connectivity index (χ4v) is 1.16. The van der Waals surface area contributed by atoms with Crippen molar-refractivity contribution in [3.8, 4) is 0 Å². The molecule has 0 rings (SSSR count). The van der Waals surface area contributed by atoms with E-state index in [-0.39, 0.29) is 6.61 Å². The molecule has 0 bridgehead atoms. The smallest absolute Gasteiger partial charge is 0.385 e. The number of nitrogens with one attached hydrogen (secondary N) is 1. The SMILES string of the molecule is COCCCNCCCOS(=O)(=O)O. The standard InChI is InChI=1S/C7H17NO5S/c1-12-6-2-4-8-5-3-7-13-14(9,10)11/h8H,2-7H2,1H3,(H,9,10,11). The third-order valence-electron chi connectivity index (χ3n) is 1.43. The Kier molecular flexibility index (Phi) is 8.01. The van der Waals surface area contributed by atoms with Crippen LogP contribution in [0.1, 0.15) is 12.8 Å². The Morgan fingerprint density at radius 2 is 1.79 bits per heavy atom. The van der Waals surface area contributed by atoms with Gasteiger partial charge in [0.25, 0.3) is 0 Å². The molecule has 7 heteroatoms. The monoisotopic (exact) mass is 227 g/mol. The minimum absolute atomic E-state index is 0.00386. The van der Waals surface area contributed by atoms with Crippen molar-refractivity contribution in [1.29, 1.82) is 0 Å². The fourth-order valence-electron chi connectivity index (χ4n) is 0.828. The molecule has 6 nitrogen and oxygen atoms in total. The third-order valence-corrected chi connectivity index (χ3v) is 1.90. The van der Waals surface area contributed by atoms with E-state index in [2.05, 4.69) is 9.50 Å². The van der Waals surface area contributed by atoms with Crippen LogP contribution in [0.3, 0.4) is 0 Å². The molecule has 14 heavy (non-hydrogen) atoms. The lowest BCUT2D eigenvalue weighted by atomic mass is 10.4. The Hall–Kier alpha value is -0.210.